The standard InChI is InChI=1S/C10H16N2O/c1-7(2)13-10-9(6-11)8(3)4-5-12-10/h4-5,7H,6,11H2,1-3H3. The van der Waals surface area contributed by atoms with Crippen molar-refractivity contribution in [2.24, 2.45) is 5.73 Å². The van der Waals surface area contributed by atoms with E-state index >= 15 is 0 Å². The van der Waals surface area contributed by atoms with Gasteiger partial charge in [0.05, 0.1) is 6.10 Å². The fraction of sp³-hybridized carbons (Fsp3) is 0.500. The van der Waals surface area contributed by atoms with Gasteiger partial charge < -0.3 is 10.5 Å². The van der Waals surface area contributed by atoms with E-state index in [1.807, 2.05) is 26.8 Å². The maximum Gasteiger partial charge on any atom is 0.218 e. The highest BCUT2D eigenvalue weighted by Gasteiger charge is 2.07. The predicted molar refractivity (Wildman–Crippen MR) is 52.6 cm³/mol. The predicted octanol–water partition coefficient (Wildman–Crippen LogP) is 1.64. The van der Waals surface area contributed by atoms with Gasteiger partial charge in [0, 0.05) is 18.3 Å². The Morgan fingerprint density at radius 3 is 2.77 bits per heavy atom. The van der Waals surface area contributed by atoms with Gasteiger partial charge in [-0.1, -0.05) is 0 Å². The molecule has 1 aromatic heterocycles. The first-order valence-corrected chi connectivity index (χ1v) is 4.46. The average Bonchev–Trinajstić information content (AvgIpc) is 2.03. The molecule has 72 valence electrons. The first-order chi connectivity index (χ1) is 6.15. The molecule has 0 fully saturated rings. The van der Waals surface area contributed by atoms with Crippen molar-refractivity contribution in [3.8, 4) is 5.88 Å². The average molecular weight is 180 g/mol. The van der Waals surface area contributed by atoms with Gasteiger partial charge >= 0.3 is 0 Å². The molecular weight excluding hydrogens is 164 g/mol. The van der Waals surface area contributed by atoms with Crippen molar-refractivity contribution in [3.63, 3.8) is 0 Å². The topological polar surface area (TPSA) is 48.1 Å². The Kier molecular flexibility index (Phi) is 3.25. The summed E-state index contributed by atoms with van der Waals surface area (Å²) >= 11 is 0. The van der Waals surface area contributed by atoms with Crippen molar-refractivity contribution in [2.45, 2.75) is 33.4 Å². The van der Waals surface area contributed by atoms with Crippen LogP contribution in [0.4, 0.5) is 0 Å². The van der Waals surface area contributed by atoms with Crippen LogP contribution >= 0.6 is 0 Å². The van der Waals surface area contributed by atoms with Gasteiger partial charge in [0.2, 0.25) is 5.88 Å². The molecule has 2 N–H and O–H groups in total. The van der Waals surface area contributed by atoms with Crippen molar-refractivity contribution >= 4 is 0 Å². The summed E-state index contributed by atoms with van der Waals surface area (Å²) in [6, 6.07) is 1.94. The molecule has 0 saturated carbocycles. The van der Waals surface area contributed by atoms with Gasteiger partial charge in [-0.2, -0.15) is 0 Å². The summed E-state index contributed by atoms with van der Waals surface area (Å²) in [5.74, 6) is 0.664. The molecule has 0 unspecified atom stereocenters. The second-order valence-corrected chi connectivity index (χ2v) is 3.28. The van der Waals surface area contributed by atoms with Gasteiger partial charge in [-0.25, -0.2) is 4.98 Å². The molecular formula is C10H16N2O. The molecule has 3 nitrogen and oxygen atoms in total. The minimum atomic E-state index is 0.139. The molecule has 0 saturated heterocycles. The van der Waals surface area contributed by atoms with E-state index in [2.05, 4.69) is 4.98 Å². The van der Waals surface area contributed by atoms with Crippen molar-refractivity contribution in [1.29, 1.82) is 0 Å². The highest BCUT2D eigenvalue weighted by atomic mass is 16.5. The lowest BCUT2D eigenvalue weighted by atomic mass is 10.1. The smallest absolute Gasteiger partial charge is 0.218 e. The molecule has 0 spiro atoms. The zero-order chi connectivity index (χ0) is 9.84. The Labute approximate surface area is 78.9 Å². The zero-order valence-corrected chi connectivity index (χ0v) is 8.37. The summed E-state index contributed by atoms with van der Waals surface area (Å²) in [7, 11) is 0. The van der Waals surface area contributed by atoms with E-state index in [4.69, 9.17) is 10.5 Å². The molecule has 0 aliphatic carbocycles. The number of hydrogen-bond donors (Lipinski definition) is 1. The summed E-state index contributed by atoms with van der Waals surface area (Å²) in [4.78, 5) is 4.15. The highest BCUT2D eigenvalue weighted by molar-refractivity contribution is 5.33. The molecule has 3 heteroatoms. The van der Waals surface area contributed by atoms with Crippen LogP contribution in [0, 0.1) is 6.92 Å². The molecule has 0 atom stereocenters. The fourth-order valence-electron chi connectivity index (χ4n) is 1.14. The van der Waals surface area contributed by atoms with Gasteiger partial charge in [-0.3, -0.25) is 0 Å². The number of hydrogen-bond acceptors (Lipinski definition) is 3. The third-order valence-corrected chi connectivity index (χ3v) is 1.80. The van der Waals surface area contributed by atoms with Crippen molar-refractivity contribution in [2.75, 3.05) is 0 Å². The van der Waals surface area contributed by atoms with Crippen LogP contribution in [0.3, 0.4) is 0 Å². The number of aromatic nitrogens is 1. The van der Waals surface area contributed by atoms with E-state index in [1.54, 1.807) is 6.20 Å². The van der Waals surface area contributed by atoms with Crippen molar-refractivity contribution < 1.29 is 4.74 Å². The number of aryl methyl sites for hydroxylation is 1. The summed E-state index contributed by atoms with van der Waals surface area (Å²) in [6.45, 7) is 6.44. The first-order valence-electron chi connectivity index (χ1n) is 4.46. The van der Waals surface area contributed by atoms with Crippen LogP contribution < -0.4 is 10.5 Å². The van der Waals surface area contributed by atoms with Crippen LogP contribution in [-0.4, -0.2) is 11.1 Å². The molecule has 0 bridgehead atoms. The van der Waals surface area contributed by atoms with Crippen LogP contribution in [-0.2, 0) is 6.54 Å². The van der Waals surface area contributed by atoms with E-state index in [-0.39, 0.29) is 6.10 Å². The molecule has 0 amide bonds. The summed E-state index contributed by atoms with van der Waals surface area (Å²) < 4.78 is 5.53. The van der Waals surface area contributed by atoms with Crippen molar-refractivity contribution in [3.05, 3.63) is 23.4 Å². The molecule has 1 aromatic rings. The number of nitrogens with two attached hydrogens (primary N) is 1. The van der Waals surface area contributed by atoms with E-state index in [0.29, 0.717) is 12.4 Å². The van der Waals surface area contributed by atoms with E-state index in [1.165, 1.54) is 0 Å². The van der Waals surface area contributed by atoms with E-state index in [0.717, 1.165) is 11.1 Å². The van der Waals surface area contributed by atoms with Gasteiger partial charge in [0.15, 0.2) is 0 Å². The molecule has 0 aliphatic heterocycles. The molecule has 1 heterocycles. The second kappa shape index (κ2) is 4.23. The van der Waals surface area contributed by atoms with Gasteiger partial charge in [-0.15, -0.1) is 0 Å². The van der Waals surface area contributed by atoms with E-state index in [9.17, 15) is 0 Å². The van der Waals surface area contributed by atoms with Crippen LogP contribution in [0.25, 0.3) is 0 Å². The van der Waals surface area contributed by atoms with Gasteiger partial charge in [-0.05, 0) is 32.4 Å². The van der Waals surface area contributed by atoms with E-state index < -0.39 is 0 Å². The lowest BCUT2D eigenvalue weighted by Crippen LogP contribution is -2.11. The third-order valence-electron chi connectivity index (χ3n) is 1.80. The van der Waals surface area contributed by atoms with Gasteiger partial charge in [0.25, 0.3) is 0 Å². The molecule has 13 heavy (non-hydrogen) atoms. The number of nitrogens with zero attached hydrogens (tertiary/aromatic N) is 1. The summed E-state index contributed by atoms with van der Waals surface area (Å²) in [5, 5.41) is 0. The Morgan fingerprint density at radius 1 is 1.54 bits per heavy atom. The number of pyridine rings is 1. The summed E-state index contributed by atoms with van der Waals surface area (Å²) in [5.41, 5.74) is 7.74. The Bertz CT molecular complexity index is 284. The maximum atomic E-state index is 5.61. The SMILES string of the molecule is Cc1ccnc(OC(C)C)c1CN. The minimum absolute atomic E-state index is 0.139. The lowest BCUT2D eigenvalue weighted by Gasteiger charge is -2.13. The normalized spacial score (nSPS) is 10.5. The molecule has 0 aromatic carbocycles. The highest BCUT2D eigenvalue weighted by Crippen LogP contribution is 2.18. The quantitative estimate of drug-likeness (QED) is 0.769. The Balaban J connectivity index is 2.98. The monoisotopic (exact) mass is 180 g/mol. The maximum absolute atomic E-state index is 5.61. The van der Waals surface area contributed by atoms with Crippen LogP contribution in [0.2, 0.25) is 0 Å². The Morgan fingerprint density at radius 2 is 2.23 bits per heavy atom. The Hall–Kier alpha value is -1.09. The minimum Gasteiger partial charge on any atom is -0.475 e. The third kappa shape index (κ3) is 2.42. The number of rotatable bonds is 3. The largest absolute Gasteiger partial charge is 0.475 e. The molecule has 1 rings (SSSR count). The lowest BCUT2D eigenvalue weighted by molar-refractivity contribution is 0.230. The molecule has 0 radical (unpaired) electrons. The first kappa shape index (κ1) is 9.99. The summed E-state index contributed by atoms with van der Waals surface area (Å²) in [6.07, 6.45) is 1.88. The van der Waals surface area contributed by atoms with Crippen LogP contribution in [0.1, 0.15) is 25.0 Å². The van der Waals surface area contributed by atoms with Crippen LogP contribution in [0.5, 0.6) is 5.88 Å². The number of ether oxygens (including phenoxy) is 1. The zero-order valence-electron chi connectivity index (χ0n) is 8.37. The molecule has 0 aliphatic rings. The van der Waals surface area contributed by atoms with Crippen LogP contribution in [0.15, 0.2) is 12.3 Å². The fourth-order valence-corrected chi connectivity index (χ4v) is 1.14. The second-order valence-electron chi connectivity index (χ2n) is 3.28. The van der Waals surface area contributed by atoms with Crippen molar-refractivity contribution in [1.82, 2.24) is 4.98 Å². The van der Waals surface area contributed by atoms with Gasteiger partial charge in [0.1, 0.15) is 0 Å².